The molecule has 0 bridgehead atoms. The molecule has 0 spiro atoms. The van der Waals surface area contributed by atoms with Crippen molar-refractivity contribution in [2.75, 3.05) is 6.61 Å². The smallest absolute Gasteiger partial charge is 0.139 e. The number of ether oxygens (including phenoxy) is 1. The first-order chi connectivity index (χ1) is 6.15. The Bertz CT molecular complexity index is 284. The van der Waals surface area contributed by atoms with Gasteiger partial charge in [0.15, 0.2) is 0 Å². The summed E-state index contributed by atoms with van der Waals surface area (Å²) in [5.41, 5.74) is 2.03. The maximum Gasteiger partial charge on any atom is 0.139 e. The molecule has 0 saturated heterocycles. The third-order valence-corrected chi connectivity index (χ3v) is 2.01. The summed E-state index contributed by atoms with van der Waals surface area (Å²) in [4.78, 5) is 0. The molecule has 0 aliphatic rings. The highest BCUT2D eigenvalue weighted by Gasteiger charge is 2.05. The normalized spacial score (nSPS) is 12.5. The lowest BCUT2D eigenvalue weighted by Gasteiger charge is -2.11. The minimum Gasteiger partial charge on any atom is -0.494 e. The van der Waals surface area contributed by atoms with Gasteiger partial charge in [0.1, 0.15) is 13.6 Å². The van der Waals surface area contributed by atoms with Gasteiger partial charge in [-0.05, 0) is 31.5 Å². The minimum absolute atomic E-state index is 0.430. The molecule has 1 rings (SSSR count). The topological polar surface area (TPSA) is 29.5 Å². The Labute approximate surface area is 80.0 Å². The highest BCUT2D eigenvalue weighted by molar-refractivity contribution is 6.33. The summed E-state index contributed by atoms with van der Waals surface area (Å²) in [6.07, 6.45) is -0.430. The van der Waals surface area contributed by atoms with Crippen LogP contribution in [0.2, 0.25) is 0 Å². The van der Waals surface area contributed by atoms with E-state index in [-0.39, 0.29) is 0 Å². The summed E-state index contributed by atoms with van der Waals surface area (Å²) in [5.74, 6) is 0.823. The van der Waals surface area contributed by atoms with Crippen LogP contribution in [0, 0.1) is 0 Å². The average Bonchev–Trinajstić information content (AvgIpc) is 2.08. The van der Waals surface area contributed by atoms with E-state index in [0.717, 1.165) is 16.8 Å². The molecule has 3 heteroatoms. The van der Waals surface area contributed by atoms with E-state index in [0.29, 0.717) is 6.61 Å². The predicted octanol–water partition coefficient (Wildman–Crippen LogP) is 0.397. The third kappa shape index (κ3) is 2.49. The molecule has 70 valence electrons. The molecule has 0 heterocycles. The fourth-order valence-corrected chi connectivity index (χ4v) is 1.33. The highest BCUT2D eigenvalue weighted by Crippen LogP contribution is 2.16. The Morgan fingerprint density at radius 3 is 2.77 bits per heavy atom. The maximum atomic E-state index is 9.44. The van der Waals surface area contributed by atoms with Gasteiger partial charge in [-0.3, -0.25) is 0 Å². The van der Waals surface area contributed by atoms with E-state index in [1.54, 1.807) is 6.92 Å². The summed E-state index contributed by atoms with van der Waals surface area (Å²) in [7, 11) is 1.98. The van der Waals surface area contributed by atoms with Gasteiger partial charge in [0, 0.05) is 0 Å². The van der Waals surface area contributed by atoms with Gasteiger partial charge in [-0.1, -0.05) is 11.5 Å². The van der Waals surface area contributed by atoms with Gasteiger partial charge in [-0.25, -0.2) is 0 Å². The van der Waals surface area contributed by atoms with Crippen LogP contribution in [0.5, 0.6) is 5.75 Å². The molecule has 13 heavy (non-hydrogen) atoms. The predicted molar refractivity (Wildman–Crippen MR) is 56.4 cm³/mol. The second-order valence-electron chi connectivity index (χ2n) is 3.13. The number of benzene rings is 1. The molecule has 0 saturated carbocycles. The number of aliphatic hydroxyl groups excluding tert-OH is 1. The molecular formula is C10H15BO2. The maximum absolute atomic E-state index is 9.44. The summed E-state index contributed by atoms with van der Waals surface area (Å²) < 4.78 is 5.34. The van der Waals surface area contributed by atoms with Crippen molar-refractivity contribution >= 4 is 13.3 Å². The molecular weight excluding hydrogens is 163 g/mol. The molecule has 1 aromatic rings. The van der Waals surface area contributed by atoms with Crippen molar-refractivity contribution in [3.63, 3.8) is 0 Å². The first kappa shape index (κ1) is 10.1. The lowest BCUT2D eigenvalue weighted by Crippen LogP contribution is -2.12. The average molecular weight is 178 g/mol. The Morgan fingerprint density at radius 1 is 1.54 bits per heavy atom. The monoisotopic (exact) mass is 178 g/mol. The fraction of sp³-hybridized carbons (Fsp3) is 0.400. The van der Waals surface area contributed by atoms with E-state index >= 15 is 0 Å². The van der Waals surface area contributed by atoms with Crippen molar-refractivity contribution in [2.24, 2.45) is 0 Å². The van der Waals surface area contributed by atoms with Gasteiger partial charge in [0.25, 0.3) is 0 Å². The minimum atomic E-state index is -0.430. The standard InChI is InChI=1S/C10H15BO2/c1-3-13-8-4-5-10(11)9(6-8)7(2)12/h4-7,12H,3,11H2,1-2H3/t7-/m1/s1. The van der Waals surface area contributed by atoms with E-state index < -0.39 is 6.10 Å². The lowest BCUT2D eigenvalue weighted by molar-refractivity contribution is 0.199. The Balaban J connectivity index is 2.97. The van der Waals surface area contributed by atoms with Gasteiger partial charge < -0.3 is 9.84 Å². The van der Waals surface area contributed by atoms with Gasteiger partial charge >= 0.3 is 0 Å². The van der Waals surface area contributed by atoms with E-state index in [1.165, 1.54) is 0 Å². The summed E-state index contributed by atoms with van der Waals surface area (Å²) in [6.45, 7) is 4.36. The quantitative estimate of drug-likeness (QED) is 0.678. The molecule has 0 amide bonds. The van der Waals surface area contributed by atoms with Crippen molar-refractivity contribution in [2.45, 2.75) is 20.0 Å². The van der Waals surface area contributed by atoms with Crippen molar-refractivity contribution in [3.8, 4) is 5.75 Å². The van der Waals surface area contributed by atoms with Crippen molar-refractivity contribution in [1.82, 2.24) is 0 Å². The fourth-order valence-electron chi connectivity index (χ4n) is 1.33. The molecule has 2 nitrogen and oxygen atoms in total. The van der Waals surface area contributed by atoms with Crippen LogP contribution in [0.4, 0.5) is 0 Å². The van der Waals surface area contributed by atoms with Crippen LogP contribution in [-0.4, -0.2) is 19.6 Å². The number of rotatable bonds is 3. The molecule has 1 aromatic carbocycles. The first-order valence-corrected chi connectivity index (χ1v) is 4.56. The summed E-state index contributed by atoms with van der Waals surface area (Å²) in [5, 5.41) is 9.44. The van der Waals surface area contributed by atoms with Crippen LogP contribution >= 0.6 is 0 Å². The second-order valence-corrected chi connectivity index (χ2v) is 3.13. The SMILES string of the molecule is Bc1ccc(OCC)cc1[C@@H](C)O. The molecule has 0 aliphatic carbocycles. The van der Waals surface area contributed by atoms with E-state index in [1.807, 2.05) is 33.0 Å². The zero-order valence-corrected chi connectivity index (χ0v) is 8.37. The van der Waals surface area contributed by atoms with Crippen molar-refractivity contribution in [1.29, 1.82) is 0 Å². The third-order valence-electron chi connectivity index (χ3n) is 2.01. The van der Waals surface area contributed by atoms with Crippen LogP contribution in [0.15, 0.2) is 18.2 Å². The second kappa shape index (κ2) is 4.33. The van der Waals surface area contributed by atoms with Gasteiger partial charge in [-0.15, -0.1) is 0 Å². The first-order valence-electron chi connectivity index (χ1n) is 4.56. The molecule has 0 aliphatic heterocycles. The zero-order chi connectivity index (χ0) is 9.84. The van der Waals surface area contributed by atoms with E-state index in [9.17, 15) is 5.11 Å². The van der Waals surface area contributed by atoms with Gasteiger partial charge in [-0.2, -0.15) is 0 Å². The number of hydrogen-bond acceptors (Lipinski definition) is 2. The van der Waals surface area contributed by atoms with E-state index in [2.05, 4.69) is 0 Å². The van der Waals surface area contributed by atoms with Crippen LogP contribution in [0.1, 0.15) is 25.5 Å². The summed E-state index contributed by atoms with van der Waals surface area (Å²) in [6, 6.07) is 5.78. The molecule has 0 fully saturated rings. The highest BCUT2D eigenvalue weighted by atomic mass is 16.5. The summed E-state index contributed by atoms with van der Waals surface area (Å²) >= 11 is 0. The largest absolute Gasteiger partial charge is 0.494 e. The van der Waals surface area contributed by atoms with Crippen LogP contribution in [0.3, 0.4) is 0 Å². The Kier molecular flexibility index (Phi) is 3.37. The van der Waals surface area contributed by atoms with Crippen LogP contribution < -0.4 is 10.2 Å². The van der Waals surface area contributed by atoms with Gasteiger partial charge in [0.2, 0.25) is 0 Å². The van der Waals surface area contributed by atoms with Crippen LogP contribution in [0.25, 0.3) is 0 Å². The molecule has 0 aromatic heterocycles. The van der Waals surface area contributed by atoms with Crippen LogP contribution in [-0.2, 0) is 0 Å². The zero-order valence-electron chi connectivity index (χ0n) is 8.37. The Hall–Kier alpha value is -0.955. The Morgan fingerprint density at radius 2 is 2.23 bits per heavy atom. The van der Waals surface area contributed by atoms with Crippen molar-refractivity contribution < 1.29 is 9.84 Å². The molecule has 0 unspecified atom stereocenters. The lowest BCUT2D eigenvalue weighted by atomic mass is 9.88. The number of hydrogen-bond donors (Lipinski definition) is 1. The van der Waals surface area contributed by atoms with Crippen molar-refractivity contribution in [3.05, 3.63) is 23.8 Å². The van der Waals surface area contributed by atoms with E-state index in [4.69, 9.17) is 4.74 Å². The molecule has 1 atom stereocenters. The van der Waals surface area contributed by atoms with Gasteiger partial charge in [0.05, 0.1) is 12.7 Å². The molecule has 1 N–H and O–H groups in total. The number of aliphatic hydroxyl groups is 1. The molecule has 0 radical (unpaired) electrons.